The maximum Gasteiger partial charge on any atom is 0.244 e. The second kappa shape index (κ2) is 5.26. The SMILES string of the molecule is CCC1(Nc2cccc(S(=O)(=O)N(C)C)c2N)CCC1. The van der Waals surface area contributed by atoms with Crippen LogP contribution < -0.4 is 11.1 Å². The Morgan fingerprint density at radius 1 is 1.35 bits per heavy atom. The summed E-state index contributed by atoms with van der Waals surface area (Å²) in [6.07, 6.45) is 4.43. The zero-order valence-electron chi connectivity index (χ0n) is 12.3. The van der Waals surface area contributed by atoms with E-state index >= 15 is 0 Å². The van der Waals surface area contributed by atoms with Crippen molar-refractivity contribution in [1.82, 2.24) is 4.31 Å². The molecule has 1 aromatic rings. The lowest BCUT2D eigenvalue weighted by molar-refractivity contribution is 0.269. The predicted molar refractivity (Wildman–Crippen MR) is 82.2 cm³/mol. The molecule has 0 radical (unpaired) electrons. The van der Waals surface area contributed by atoms with Gasteiger partial charge in [0.2, 0.25) is 10.0 Å². The molecule has 112 valence electrons. The van der Waals surface area contributed by atoms with Crippen molar-refractivity contribution in [3.63, 3.8) is 0 Å². The predicted octanol–water partition coefficient (Wildman–Crippen LogP) is 2.26. The molecule has 0 unspecified atom stereocenters. The third-order valence-electron chi connectivity index (χ3n) is 4.21. The molecule has 5 nitrogen and oxygen atoms in total. The van der Waals surface area contributed by atoms with E-state index in [0.717, 1.165) is 24.9 Å². The summed E-state index contributed by atoms with van der Waals surface area (Å²) in [5.41, 5.74) is 7.18. The third kappa shape index (κ3) is 2.50. The summed E-state index contributed by atoms with van der Waals surface area (Å²) >= 11 is 0. The lowest BCUT2D eigenvalue weighted by atomic mass is 9.74. The summed E-state index contributed by atoms with van der Waals surface area (Å²) in [6.45, 7) is 2.14. The molecule has 0 bridgehead atoms. The van der Waals surface area contributed by atoms with Gasteiger partial charge in [-0.25, -0.2) is 12.7 Å². The van der Waals surface area contributed by atoms with Gasteiger partial charge in [0.05, 0.1) is 11.4 Å². The van der Waals surface area contributed by atoms with E-state index in [9.17, 15) is 8.42 Å². The normalized spacial score (nSPS) is 17.8. The van der Waals surface area contributed by atoms with Crippen LogP contribution in [-0.4, -0.2) is 32.4 Å². The third-order valence-corrected chi connectivity index (χ3v) is 6.09. The molecule has 0 heterocycles. The molecule has 20 heavy (non-hydrogen) atoms. The fourth-order valence-electron chi connectivity index (χ4n) is 2.53. The average Bonchev–Trinajstić information content (AvgIpc) is 2.35. The summed E-state index contributed by atoms with van der Waals surface area (Å²) in [5.74, 6) is 0. The van der Waals surface area contributed by atoms with Crippen LogP contribution in [0.25, 0.3) is 0 Å². The van der Waals surface area contributed by atoms with Crippen molar-refractivity contribution >= 4 is 21.4 Å². The van der Waals surface area contributed by atoms with Gasteiger partial charge >= 0.3 is 0 Å². The second-order valence-corrected chi connectivity index (χ2v) is 7.74. The summed E-state index contributed by atoms with van der Waals surface area (Å²) in [7, 11) is -0.496. The number of nitrogen functional groups attached to an aromatic ring is 1. The number of hydrogen-bond donors (Lipinski definition) is 2. The molecule has 3 N–H and O–H groups in total. The first-order chi connectivity index (χ1) is 9.32. The molecule has 1 aliphatic rings. The van der Waals surface area contributed by atoms with Crippen LogP contribution in [0.2, 0.25) is 0 Å². The molecule has 1 saturated carbocycles. The van der Waals surface area contributed by atoms with Crippen molar-refractivity contribution in [1.29, 1.82) is 0 Å². The Balaban J connectivity index is 2.38. The quantitative estimate of drug-likeness (QED) is 0.817. The monoisotopic (exact) mass is 297 g/mol. The first kappa shape index (κ1) is 15.1. The van der Waals surface area contributed by atoms with Crippen LogP contribution in [0.15, 0.2) is 23.1 Å². The maximum atomic E-state index is 12.2. The molecule has 0 aromatic heterocycles. The van der Waals surface area contributed by atoms with E-state index in [1.165, 1.54) is 24.8 Å². The van der Waals surface area contributed by atoms with Gasteiger partial charge < -0.3 is 11.1 Å². The minimum absolute atomic E-state index is 0.0780. The van der Waals surface area contributed by atoms with Crippen LogP contribution in [0.5, 0.6) is 0 Å². The van der Waals surface area contributed by atoms with E-state index < -0.39 is 10.0 Å². The number of nitrogens with two attached hydrogens (primary N) is 1. The molecule has 0 spiro atoms. The van der Waals surface area contributed by atoms with Crippen LogP contribution >= 0.6 is 0 Å². The van der Waals surface area contributed by atoms with Crippen LogP contribution in [0.4, 0.5) is 11.4 Å². The second-order valence-electron chi connectivity index (χ2n) is 5.62. The molecule has 1 fully saturated rings. The van der Waals surface area contributed by atoms with Crippen LogP contribution in [0.3, 0.4) is 0 Å². The summed E-state index contributed by atoms with van der Waals surface area (Å²) in [5, 5.41) is 3.45. The number of para-hydroxylation sites is 1. The van der Waals surface area contributed by atoms with E-state index in [4.69, 9.17) is 5.73 Å². The maximum absolute atomic E-state index is 12.2. The van der Waals surface area contributed by atoms with E-state index in [2.05, 4.69) is 12.2 Å². The van der Waals surface area contributed by atoms with E-state index in [1.807, 2.05) is 6.07 Å². The Labute approximate surface area is 121 Å². The molecule has 0 aliphatic heterocycles. The van der Waals surface area contributed by atoms with Gasteiger partial charge in [0.1, 0.15) is 4.90 Å². The zero-order chi connectivity index (χ0) is 15.0. The molecule has 2 rings (SSSR count). The van der Waals surface area contributed by atoms with Crippen molar-refractivity contribution in [3.05, 3.63) is 18.2 Å². The minimum Gasteiger partial charge on any atom is -0.396 e. The number of hydrogen-bond acceptors (Lipinski definition) is 4. The lowest BCUT2D eigenvalue weighted by Crippen LogP contribution is -2.44. The van der Waals surface area contributed by atoms with Gasteiger partial charge in [0.15, 0.2) is 0 Å². The van der Waals surface area contributed by atoms with Crippen molar-refractivity contribution < 1.29 is 8.42 Å². The fourth-order valence-corrected chi connectivity index (χ4v) is 3.56. The summed E-state index contributed by atoms with van der Waals surface area (Å²) in [6, 6.07) is 5.13. The highest BCUT2D eigenvalue weighted by Gasteiger charge is 2.35. The van der Waals surface area contributed by atoms with E-state index in [-0.39, 0.29) is 10.4 Å². The van der Waals surface area contributed by atoms with Crippen LogP contribution in [-0.2, 0) is 10.0 Å². The number of sulfonamides is 1. The first-order valence-electron chi connectivity index (χ1n) is 6.91. The van der Waals surface area contributed by atoms with Gasteiger partial charge in [-0.1, -0.05) is 13.0 Å². The highest BCUT2D eigenvalue weighted by molar-refractivity contribution is 7.89. The van der Waals surface area contributed by atoms with E-state index in [1.54, 1.807) is 12.1 Å². The summed E-state index contributed by atoms with van der Waals surface area (Å²) in [4.78, 5) is 0.165. The smallest absolute Gasteiger partial charge is 0.244 e. The van der Waals surface area contributed by atoms with Crippen molar-refractivity contribution in [2.24, 2.45) is 0 Å². The molecule has 1 aliphatic carbocycles. The van der Waals surface area contributed by atoms with Gasteiger partial charge in [0, 0.05) is 19.6 Å². The highest BCUT2D eigenvalue weighted by Crippen LogP contribution is 2.40. The van der Waals surface area contributed by atoms with Crippen molar-refractivity contribution in [2.45, 2.75) is 43.0 Å². The summed E-state index contributed by atoms with van der Waals surface area (Å²) < 4.78 is 25.7. The zero-order valence-corrected chi connectivity index (χ0v) is 13.1. The number of nitrogens with one attached hydrogen (secondary N) is 1. The fraction of sp³-hybridized carbons (Fsp3) is 0.571. The Morgan fingerprint density at radius 3 is 2.45 bits per heavy atom. The first-order valence-corrected chi connectivity index (χ1v) is 8.35. The van der Waals surface area contributed by atoms with Crippen LogP contribution in [0.1, 0.15) is 32.6 Å². The van der Waals surface area contributed by atoms with Gasteiger partial charge in [-0.2, -0.15) is 0 Å². The Morgan fingerprint density at radius 2 is 2.00 bits per heavy atom. The molecular formula is C14H23N3O2S. The highest BCUT2D eigenvalue weighted by atomic mass is 32.2. The number of rotatable bonds is 5. The number of nitrogens with zero attached hydrogens (tertiary/aromatic N) is 1. The van der Waals surface area contributed by atoms with Gasteiger partial charge in [-0.15, -0.1) is 0 Å². The minimum atomic E-state index is -3.51. The van der Waals surface area contributed by atoms with Crippen LogP contribution in [0, 0.1) is 0 Å². The Bertz CT molecular complexity index is 587. The topological polar surface area (TPSA) is 75.4 Å². The molecule has 1 aromatic carbocycles. The van der Waals surface area contributed by atoms with Gasteiger partial charge in [-0.3, -0.25) is 0 Å². The molecule has 6 heteroatoms. The molecule has 0 saturated heterocycles. The van der Waals surface area contributed by atoms with Crippen molar-refractivity contribution in [2.75, 3.05) is 25.1 Å². The Hall–Kier alpha value is -1.27. The Kier molecular flexibility index (Phi) is 3.97. The van der Waals surface area contributed by atoms with E-state index in [0.29, 0.717) is 5.69 Å². The van der Waals surface area contributed by atoms with Gasteiger partial charge in [0.25, 0.3) is 0 Å². The average molecular weight is 297 g/mol. The molecule has 0 amide bonds. The number of anilines is 2. The van der Waals surface area contributed by atoms with Crippen molar-refractivity contribution in [3.8, 4) is 0 Å². The standard InChI is InChI=1S/C14H23N3O2S/c1-4-14(9-6-10-14)16-11-7-5-8-12(13(11)15)20(18,19)17(2)3/h5,7-8,16H,4,6,9-10,15H2,1-3H3. The largest absolute Gasteiger partial charge is 0.396 e. The lowest BCUT2D eigenvalue weighted by Gasteiger charge is -2.43. The molecular weight excluding hydrogens is 274 g/mol. The van der Waals surface area contributed by atoms with Gasteiger partial charge in [-0.05, 0) is 37.8 Å². The number of benzene rings is 1. The molecule has 0 atom stereocenters.